The van der Waals surface area contributed by atoms with Crippen LogP contribution >= 0.6 is 22.9 Å². The molecule has 8 heteroatoms. The molecule has 0 aliphatic carbocycles. The number of carbonyl (C=O) groups excluding carboxylic acids is 1. The number of halogens is 2. The summed E-state index contributed by atoms with van der Waals surface area (Å²) in [6.07, 6.45) is 3.79. The Balaban J connectivity index is 1.78. The van der Waals surface area contributed by atoms with Crippen molar-refractivity contribution in [2.75, 3.05) is 5.32 Å². The molecule has 3 aromatic rings. The summed E-state index contributed by atoms with van der Waals surface area (Å²) in [6.45, 7) is 2.39. The molecule has 0 unspecified atom stereocenters. The predicted octanol–water partition coefficient (Wildman–Crippen LogP) is 4.54. The van der Waals surface area contributed by atoms with Crippen LogP contribution in [0.4, 0.5) is 10.1 Å². The van der Waals surface area contributed by atoms with Crippen molar-refractivity contribution in [3.05, 3.63) is 55.7 Å². The van der Waals surface area contributed by atoms with E-state index < -0.39 is 11.7 Å². The Morgan fingerprint density at radius 3 is 2.96 bits per heavy atom. The molecule has 140 valence electrons. The molecule has 0 spiro atoms. The number of carbonyl (C=O) groups is 1. The molecule has 0 radical (unpaired) electrons. The first-order valence-corrected chi connectivity index (χ1v) is 9.95. The van der Waals surface area contributed by atoms with E-state index >= 15 is 0 Å². The van der Waals surface area contributed by atoms with Gasteiger partial charge in [-0.3, -0.25) is 14.2 Å². The zero-order chi connectivity index (χ0) is 19.1. The number of thiophene rings is 1. The van der Waals surface area contributed by atoms with Crippen molar-refractivity contribution in [2.45, 2.75) is 39.2 Å². The monoisotopic (exact) mass is 405 g/mol. The van der Waals surface area contributed by atoms with Crippen LogP contribution in [0, 0.1) is 12.7 Å². The zero-order valence-electron chi connectivity index (χ0n) is 14.6. The topological polar surface area (TPSA) is 64.0 Å². The number of hydrogen-bond donors (Lipinski definition) is 1. The van der Waals surface area contributed by atoms with Gasteiger partial charge in [-0.1, -0.05) is 24.1 Å². The molecule has 2 aromatic heterocycles. The molecule has 0 saturated heterocycles. The molecule has 0 saturated carbocycles. The average Bonchev–Trinajstić information content (AvgIpc) is 2.81. The van der Waals surface area contributed by atoms with Crippen molar-refractivity contribution in [3.63, 3.8) is 0 Å². The zero-order valence-corrected chi connectivity index (χ0v) is 16.2. The van der Waals surface area contributed by atoms with E-state index in [-0.39, 0.29) is 16.3 Å². The van der Waals surface area contributed by atoms with Crippen LogP contribution in [0.25, 0.3) is 10.2 Å². The van der Waals surface area contributed by atoms with Gasteiger partial charge in [0.1, 0.15) is 10.7 Å². The van der Waals surface area contributed by atoms with Gasteiger partial charge in [0.15, 0.2) is 5.82 Å². The smallest absolute Gasteiger partial charge is 0.266 e. The summed E-state index contributed by atoms with van der Waals surface area (Å²) in [6, 6.07) is 4.41. The van der Waals surface area contributed by atoms with Crippen LogP contribution in [0.2, 0.25) is 5.02 Å². The largest absolute Gasteiger partial charge is 0.319 e. The Bertz CT molecular complexity index is 1120. The minimum atomic E-state index is -0.684. The number of rotatable bonds is 2. The Hall–Kier alpha value is -2.25. The van der Waals surface area contributed by atoms with Gasteiger partial charge in [-0.15, -0.1) is 11.3 Å². The highest BCUT2D eigenvalue weighted by molar-refractivity contribution is 7.20. The number of anilines is 1. The van der Waals surface area contributed by atoms with Crippen molar-refractivity contribution in [1.29, 1.82) is 0 Å². The van der Waals surface area contributed by atoms with Crippen molar-refractivity contribution in [1.82, 2.24) is 9.55 Å². The third kappa shape index (κ3) is 3.15. The number of aromatic nitrogens is 2. The second kappa shape index (κ2) is 7.05. The van der Waals surface area contributed by atoms with Crippen molar-refractivity contribution in [3.8, 4) is 0 Å². The standard InChI is InChI=1S/C19H17ClFN3O2S/c1-10-14-18(23-13-8-3-2-4-9-24(13)19(14)26)27-16(10)17(25)22-12-7-5-6-11(20)15(12)21/h5-7H,2-4,8-9H2,1H3,(H,22,25). The van der Waals surface area contributed by atoms with E-state index in [1.54, 1.807) is 17.6 Å². The van der Waals surface area contributed by atoms with Crippen LogP contribution in [-0.2, 0) is 13.0 Å². The van der Waals surface area contributed by atoms with Crippen molar-refractivity contribution < 1.29 is 9.18 Å². The molecule has 27 heavy (non-hydrogen) atoms. The molecule has 4 rings (SSSR count). The van der Waals surface area contributed by atoms with E-state index in [1.807, 2.05) is 0 Å². The molecule has 1 N–H and O–H groups in total. The fourth-order valence-electron chi connectivity index (χ4n) is 3.41. The summed E-state index contributed by atoms with van der Waals surface area (Å²) in [7, 11) is 0. The average molecular weight is 406 g/mol. The number of benzene rings is 1. The highest BCUT2D eigenvalue weighted by atomic mass is 35.5. The summed E-state index contributed by atoms with van der Waals surface area (Å²) < 4.78 is 15.8. The van der Waals surface area contributed by atoms with E-state index in [0.29, 0.717) is 27.2 Å². The van der Waals surface area contributed by atoms with Crippen molar-refractivity contribution in [2.24, 2.45) is 0 Å². The maximum Gasteiger partial charge on any atom is 0.266 e. The lowest BCUT2D eigenvalue weighted by Gasteiger charge is -2.08. The second-order valence-corrected chi connectivity index (χ2v) is 7.99. The normalized spacial score (nSPS) is 14.0. The van der Waals surface area contributed by atoms with E-state index in [9.17, 15) is 14.0 Å². The first-order chi connectivity index (χ1) is 13.0. The molecule has 1 aliphatic heterocycles. The van der Waals surface area contributed by atoms with Gasteiger partial charge in [0, 0.05) is 13.0 Å². The van der Waals surface area contributed by atoms with Gasteiger partial charge >= 0.3 is 0 Å². The Morgan fingerprint density at radius 1 is 1.33 bits per heavy atom. The number of amides is 1. The second-order valence-electron chi connectivity index (χ2n) is 6.59. The summed E-state index contributed by atoms with van der Waals surface area (Å²) >= 11 is 6.93. The molecule has 5 nitrogen and oxygen atoms in total. The summed E-state index contributed by atoms with van der Waals surface area (Å²) in [5.74, 6) is -0.383. The lowest BCUT2D eigenvalue weighted by atomic mass is 10.2. The molecule has 0 atom stereocenters. The van der Waals surface area contributed by atoms with E-state index in [4.69, 9.17) is 11.6 Å². The third-order valence-corrected chi connectivity index (χ3v) is 6.29. The molecule has 1 amide bonds. The van der Waals surface area contributed by atoms with Gasteiger partial charge < -0.3 is 5.32 Å². The van der Waals surface area contributed by atoms with Gasteiger partial charge in [0.05, 0.1) is 21.0 Å². The van der Waals surface area contributed by atoms with E-state index in [1.165, 1.54) is 12.1 Å². The summed E-state index contributed by atoms with van der Waals surface area (Å²) in [5, 5.41) is 2.95. The Morgan fingerprint density at radius 2 is 2.15 bits per heavy atom. The molecule has 0 fully saturated rings. The SMILES string of the molecule is Cc1c(C(=O)Nc2cccc(Cl)c2F)sc2nc3n(c(=O)c12)CCCCC3. The van der Waals surface area contributed by atoms with Gasteiger partial charge in [-0.25, -0.2) is 9.37 Å². The van der Waals surface area contributed by atoms with Crippen LogP contribution < -0.4 is 10.9 Å². The molecule has 0 bridgehead atoms. The summed E-state index contributed by atoms with van der Waals surface area (Å²) in [4.78, 5) is 31.2. The van der Waals surface area contributed by atoms with Gasteiger partial charge in [0.25, 0.3) is 11.5 Å². The molecule has 1 aliphatic rings. The third-order valence-electron chi connectivity index (χ3n) is 4.82. The number of nitrogens with zero attached hydrogens (tertiary/aromatic N) is 2. The number of nitrogens with one attached hydrogen (secondary N) is 1. The first kappa shape index (κ1) is 18.1. The van der Waals surface area contributed by atoms with E-state index in [0.717, 1.165) is 42.8 Å². The Labute approximate surface area is 163 Å². The number of aryl methyl sites for hydroxylation is 2. The van der Waals surface area contributed by atoms with Crippen LogP contribution in [0.1, 0.15) is 40.3 Å². The lowest BCUT2D eigenvalue weighted by molar-refractivity contribution is 0.102. The maximum absolute atomic E-state index is 14.1. The van der Waals surface area contributed by atoms with Crippen LogP contribution in [-0.4, -0.2) is 15.5 Å². The molecule has 3 heterocycles. The maximum atomic E-state index is 14.1. The highest BCUT2D eigenvalue weighted by Gasteiger charge is 2.23. The van der Waals surface area contributed by atoms with Crippen LogP contribution in [0.3, 0.4) is 0 Å². The van der Waals surface area contributed by atoms with Gasteiger partial charge in [-0.2, -0.15) is 0 Å². The summed E-state index contributed by atoms with van der Waals surface area (Å²) in [5.41, 5.74) is 0.482. The molecular formula is C19H17ClFN3O2S. The fraction of sp³-hybridized carbons (Fsp3) is 0.316. The molecular weight excluding hydrogens is 389 g/mol. The lowest BCUT2D eigenvalue weighted by Crippen LogP contribution is -2.24. The van der Waals surface area contributed by atoms with Gasteiger partial charge in [0.2, 0.25) is 0 Å². The van der Waals surface area contributed by atoms with Crippen LogP contribution in [0.15, 0.2) is 23.0 Å². The first-order valence-electron chi connectivity index (χ1n) is 8.75. The van der Waals surface area contributed by atoms with Crippen LogP contribution in [0.5, 0.6) is 0 Å². The number of hydrogen-bond acceptors (Lipinski definition) is 4. The van der Waals surface area contributed by atoms with Crippen molar-refractivity contribution >= 4 is 44.7 Å². The fourth-order valence-corrected chi connectivity index (χ4v) is 4.67. The van der Waals surface area contributed by atoms with Gasteiger partial charge in [-0.05, 0) is 37.5 Å². The Kier molecular flexibility index (Phi) is 4.74. The quantitative estimate of drug-likeness (QED) is 0.680. The predicted molar refractivity (Wildman–Crippen MR) is 106 cm³/mol. The minimum absolute atomic E-state index is 0.00446. The van der Waals surface area contributed by atoms with E-state index in [2.05, 4.69) is 10.3 Å². The highest BCUT2D eigenvalue weighted by Crippen LogP contribution is 2.30. The minimum Gasteiger partial charge on any atom is -0.319 e. The molecule has 1 aromatic carbocycles. The number of fused-ring (bicyclic) bond motifs is 2.